The summed E-state index contributed by atoms with van der Waals surface area (Å²) in [4.78, 5) is 6.90. The van der Waals surface area contributed by atoms with Crippen molar-refractivity contribution in [3.63, 3.8) is 0 Å². The van der Waals surface area contributed by atoms with Crippen molar-refractivity contribution in [3.8, 4) is 0 Å². The van der Waals surface area contributed by atoms with Crippen LogP contribution < -0.4 is 10.6 Å². The summed E-state index contributed by atoms with van der Waals surface area (Å²) in [5.41, 5.74) is 2.22. The highest BCUT2D eigenvalue weighted by molar-refractivity contribution is 14.0. The van der Waals surface area contributed by atoms with Crippen LogP contribution in [0, 0.1) is 5.92 Å². The Balaban J connectivity index is 0.00000312. The summed E-state index contributed by atoms with van der Waals surface area (Å²) < 4.78 is 5.42. The smallest absolute Gasteiger partial charge is 0.191 e. The van der Waals surface area contributed by atoms with Gasteiger partial charge in [0.2, 0.25) is 0 Å². The molecule has 0 spiro atoms. The highest BCUT2D eigenvalue weighted by Crippen LogP contribution is 2.16. The van der Waals surface area contributed by atoms with E-state index in [0.717, 1.165) is 36.8 Å². The number of nitrogens with one attached hydrogen (secondary N) is 2. The van der Waals surface area contributed by atoms with E-state index in [1.165, 1.54) is 38.0 Å². The summed E-state index contributed by atoms with van der Waals surface area (Å²) in [6.45, 7) is 11.8. The van der Waals surface area contributed by atoms with E-state index >= 15 is 0 Å². The van der Waals surface area contributed by atoms with Gasteiger partial charge >= 0.3 is 0 Å². The Bertz CT molecular complexity index is 510. The predicted octanol–water partition coefficient (Wildman–Crippen LogP) is 2.81. The van der Waals surface area contributed by atoms with Gasteiger partial charge in [-0.1, -0.05) is 25.9 Å². The van der Waals surface area contributed by atoms with E-state index in [1.54, 1.807) is 0 Å². The Hall–Kier alpha value is -0.830. The van der Waals surface area contributed by atoms with Crippen molar-refractivity contribution in [1.82, 2.24) is 20.7 Å². The van der Waals surface area contributed by atoms with Crippen LogP contribution in [0.25, 0.3) is 0 Å². The number of aromatic nitrogens is 1. The maximum absolute atomic E-state index is 5.42. The average Bonchev–Trinajstić information content (AvgIpc) is 3.21. The van der Waals surface area contributed by atoms with E-state index in [-0.39, 0.29) is 24.0 Å². The number of nitrogens with zero attached hydrogens (tertiary/aromatic N) is 3. The number of rotatable bonds is 8. The second-order valence-electron chi connectivity index (χ2n) is 6.50. The molecule has 0 aliphatic carbocycles. The van der Waals surface area contributed by atoms with Gasteiger partial charge in [-0.2, -0.15) is 0 Å². The van der Waals surface area contributed by atoms with Gasteiger partial charge in [-0.05, 0) is 38.3 Å². The molecule has 6 nitrogen and oxygen atoms in total. The lowest BCUT2D eigenvalue weighted by molar-refractivity contribution is 0.324. The minimum absolute atomic E-state index is 0. The molecular weight excluding hydrogens is 429 g/mol. The quantitative estimate of drug-likeness (QED) is 0.353. The van der Waals surface area contributed by atoms with Crippen LogP contribution in [0.15, 0.2) is 9.52 Å². The van der Waals surface area contributed by atoms with Crippen LogP contribution in [-0.4, -0.2) is 49.2 Å². The Labute approximate surface area is 169 Å². The zero-order valence-electron chi connectivity index (χ0n) is 16.1. The first kappa shape index (κ1) is 22.2. The molecule has 7 heteroatoms. The topological polar surface area (TPSA) is 65.7 Å². The number of aryl methyl sites for hydroxylation is 2. The molecule has 1 fully saturated rings. The Morgan fingerprint density at radius 1 is 1.28 bits per heavy atom. The van der Waals surface area contributed by atoms with Gasteiger partial charge in [0.05, 0.1) is 5.69 Å². The molecule has 1 aliphatic heterocycles. The zero-order valence-corrected chi connectivity index (χ0v) is 18.4. The van der Waals surface area contributed by atoms with E-state index in [1.807, 2.05) is 7.05 Å². The highest BCUT2D eigenvalue weighted by atomic mass is 127. The minimum atomic E-state index is 0. The van der Waals surface area contributed by atoms with Gasteiger partial charge in [0.1, 0.15) is 5.76 Å². The lowest BCUT2D eigenvalue weighted by Crippen LogP contribution is -2.40. The molecule has 1 aromatic rings. The lowest BCUT2D eigenvalue weighted by atomic mass is 10.1. The molecule has 1 aromatic heterocycles. The fourth-order valence-electron chi connectivity index (χ4n) is 3.37. The maximum Gasteiger partial charge on any atom is 0.191 e. The first-order valence-corrected chi connectivity index (χ1v) is 9.34. The summed E-state index contributed by atoms with van der Waals surface area (Å²) in [6, 6.07) is 0. The normalized spacial score (nSPS) is 18.2. The molecule has 144 valence electrons. The van der Waals surface area contributed by atoms with Crippen molar-refractivity contribution < 1.29 is 4.52 Å². The lowest BCUT2D eigenvalue weighted by Gasteiger charge is -2.17. The van der Waals surface area contributed by atoms with E-state index in [0.29, 0.717) is 12.5 Å². The largest absolute Gasteiger partial charge is 0.361 e. The van der Waals surface area contributed by atoms with Crippen molar-refractivity contribution in [2.45, 2.75) is 53.0 Å². The summed E-state index contributed by atoms with van der Waals surface area (Å²) in [6.07, 6.45) is 4.27. The molecule has 2 rings (SSSR count). The first-order chi connectivity index (χ1) is 11.7. The summed E-state index contributed by atoms with van der Waals surface area (Å²) in [5.74, 6) is 2.54. The van der Waals surface area contributed by atoms with E-state index in [2.05, 4.69) is 46.5 Å². The Morgan fingerprint density at radius 3 is 2.72 bits per heavy atom. The Kier molecular flexibility index (Phi) is 10.4. The fourth-order valence-corrected chi connectivity index (χ4v) is 3.37. The van der Waals surface area contributed by atoms with Crippen molar-refractivity contribution in [3.05, 3.63) is 17.0 Å². The second kappa shape index (κ2) is 11.7. The fraction of sp³-hybridized carbons (Fsp3) is 0.778. The maximum atomic E-state index is 5.42. The van der Waals surface area contributed by atoms with Gasteiger partial charge in [-0.25, -0.2) is 0 Å². The van der Waals surface area contributed by atoms with Gasteiger partial charge in [-0.3, -0.25) is 4.99 Å². The molecule has 0 radical (unpaired) electrons. The molecule has 0 bridgehead atoms. The number of likely N-dealkylation sites (tertiary alicyclic amines) is 1. The van der Waals surface area contributed by atoms with Crippen molar-refractivity contribution in [1.29, 1.82) is 0 Å². The molecule has 1 aliphatic rings. The average molecular weight is 463 g/mol. The number of aliphatic imine (C=N–C) groups is 1. The molecule has 2 N–H and O–H groups in total. The molecule has 25 heavy (non-hydrogen) atoms. The SMILES string of the molecule is CCCN1CCC(CNC(=NC)NCc2c(CC)noc2CC)C1.I. The van der Waals surface area contributed by atoms with Gasteiger partial charge in [-0.15, -0.1) is 24.0 Å². The van der Waals surface area contributed by atoms with Crippen LogP contribution in [0.3, 0.4) is 0 Å². The van der Waals surface area contributed by atoms with Gasteiger partial charge < -0.3 is 20.1 Å². The molecule has 0 amide bonds. The third-order valence-electron chi connectivity index (χ3n) is 4.73. The molecular formula is C18H34IN5O. The van der Waals surface area contributed by atoms with Crippen LogP contribution in [0.1, 0.15) is 50.6 Å². The first-order valence-electron chi connectivity index (χ1n) is 9.34. The van der Waals surface area contributed by atoms with Crippen molar-refractivity contribution in [2.24, 2.45) is 10.9 Å². The standard InChI is InChI=1S/C18H33N5O.HI/c1-5-9-23-10-8-14(13-23)11-20-18(19-4)21-12-15-16(6-2)22-24-17(15)7-3;/h14H,5-13H2,1-4H3,(H2,19,20,21);1H. The van der Waals surface area contributed by atoms with E-state index in [4.69, 9.17) is 4.52 Å². The second-order valence-corrected chi connectivity index (χ2v) is 6.50. The van der Waals surface area contributed by atoms with Gasteiger partial charge in [0.15, 0.2) is 5.96 Å². The van der Waals surface area contributed by atoms with Crippen molar-refractivity contribution >= 4 is 29.9 Å². The van der Waals surface area contributed by atoms with Crippen LogP contribution >= 0.6 is 24.0 Å². The predicted molar refractivity (Wildman–Crippen MR) is 114 cm³/mol. The third-order valence-corrected chi connectivity index (χ3v) is 4.73. The monoisotopic (exact) mass is 463 g/mol. The molecule has 1 saturated heterocycles. The number of guanidine groups is 1. The number of hydrogen-bond donors (Lipinski definition) is 2. The summed E-state index contributed by atoms with van der Waals surface area (Å²) >= 11 is 0. The summed E-state index contributed by atoms with van der Waals surface area (Å²) in [5, 5.41) is 11.0. The minimum Gasteiger partial charge on any atom is -0.361 e. The van der Waals surface area contributed by atoms with Crippen molar-refractivity contribution in [2.75, 3.05) is 33.2 Å². The highest BCUT2D eigenvalue weighted by Gasteiger charge is 2.21. The van der Waals surface area contributed by atoms with Crippen LogP contribution in [0.5, 0.6) is 0 Å². The van der Waals surface area contributed by atoms with Crippen LogP contribution in [-0.2, 0) is 19.4 Å². The van der Waals surface area contributed by atoms with E-state index < -0.39 is 0 Å². The zero-order chi connectivity index (χ0) is 17.4. The van der Waals surface area contributed by atoms with Gasteiger partial charge in [0.25, 0.3) is 0 Å². The Morgan fingerprint density at radius 2 is 2.08 bits per heavy atom. The summed E-state index contributed by atoms with van der Waals surface area (Å²) in [7, 11) is 1.82. The van der Waals surface area contributed by atoms with Gasteiger partial charge in [0, 0.05) is 38.7 Å². The van der Waals surface area contributed by atoms with Crippen LogP contribution in [0.2, 0.25) is 0 Å². The molecule has 2 heterocycles. The number of hydrogen-bond acceptors (Lipinski definition) is 4. The molecule has 0 saturated carbocycles. The number of halogens is 1. The molecule has 1 unspecified atom stereocenters. The van der Waals surface area contributed by atoms with Crippen LogP contribution in [0.4, 0.5) is 0 Å². The third kappa shape index (κ3) is 6.44. The van der Waals surface area contributed by atoms with E-state index in [9.17, 15) is 0 Å². The molecule has 0 aromatic carbocycles. The molecule has 1 atom stereocenters.